The minimum absolute atomic E-state index is 0.203. The maximum atomic E-state index is 12.7. The summed E-state index contributed by atoms with van der Waals surface area (Å²) in [6.45, 7) is 1.82. The van der Waals surface area contributed by atoms with Crippen molar-refractivity contribution in [3.05, 3.63) is 82.0 Å². The highest BCUT2D eigenvalue weighted by Gasteiger charge is 2.14. The van der Waals surface area contributed by atoms with E-state index in [-0.39, 0.29) is 11.5 Å². The van der Waals surface area contributed by atoms with Crippen LogP contribution in [-0.2, 0) is 7.05 Å². The van der Waals surface area contributed by atoms with Crippen molar-refractivity contribution in [1.82, 2.24) is 19.8 Å². The number of hydrazone groups is 1. The number of carbonyl (C=O) groups excluding carboxylic acids is 1. The van der Waals surface area contributed by atoms with Crippen LogP contribution < -0.4 is 11.0 Å². The van der Waals surface area contributed by atoms with E-state index in [1.165, 1.54) is 12.4 Å². The van der Waals surface area contributed by atoms with Gasteiger partial charge in [-0.15, -0.1) is 0 Å². The van der Waals surface area contributed by atoms with Gasteiger partial charge in [0, 0.05) is 25.1 Å². The van der Waals surface area contributed by atoms with E-state index in [4.69, 9.17) is 0 Å². The van der Waals surface area contributed by atoms with Crippen molar-refractivity contribution < 1.29 is 4.79 Å². The van der Waals surface area contributed by atoms with Crippen LogP contribution in [0.15, 0.2) is 64.8 Å². The van der Waals surface area contributed by atoms with Gasteiger partial charge < -0.3 is 0 Å². The zero-order valence-electron chi connectivity index (χ0n) is 13.9. The lowest BCUT2D eigenvalue weighted by Crippen LogP contribution is -2.21. The minimum Gasteiger partial charge on any atom is -0.285 e. The molecule has 0 unspecified atom stereocenters. The van der Waals surface area contributed by atoms with Gasteiger partial charge in [-0.3, -0.25) is 19.3 Å². The number of pyridine rings is 1. The molecule has 0 aliphatic rings. The van der Waals surface area contributed by atoms with Crippen molar-refractivity contribution in [2.45, 2.75) is 6.92 Å². The Hall–Kier alpha value is -3.48. The summed E-state index contributed by atoms with van der Waals surface area (Å²) in [5.41, 5.74) is 4.51. The molecule has 1 amide bonds. The Morgan fingerprint density at radius 2 is 1.96 bits per heavy atom. The molecule has 1 aromatic carbocycles. The van der Waals surface area contributed by atoms with Gasteiger partial charge in [0.1, 0.15) is 0 Å². The van der Waals surface area contributed by atoms with Crippen LogP contribution in [0.5, 0.6) is 0 Å². The van der Waals surface area contributed by atoms with Crippen molar-refractivity contribution >= 4 is 12.1 Å². The predicted octanol–water partition coefficient (Wildman–Crippen LogP) is 1.64. The average molecular weight is 335 g/mol. The Morgan fingerprint density at radius 3 is 2.64 bits per heavy atom. The Labute approximate surface area is 144 Å². The lowest BCUT2D eigenvalue weighted by atomic mass is 10.3. The second kappa shape index (κ2) is 6.96. The van der Waals surface area contributed by atoms with E-state index < -0.39 is 0 Å². The van der Waals surface area contributed by atoms with Gasteiger partial charge in [0.05, 0.1) is 23.0 Å². The molecule has 1 N–H and O–H groups in total. The number of aromatic nitrogens is 3. The summed E-state index contributed by atoms with van der Waals surface area (Å²) in [6.07, 6.45) is 4.39. The summed E-state index contributed by atoms with van der Waals surface area (Å²) >= 11 is 0. The van der Waals surface area contributed by atoms with Crippen LogP contribution in [0.4, 0.5) is 0 Å². The Bertz CT molecular complexity index is 972. The maximum absolute atomic E-state index is 12.7. The molecule has 7 heteroatoms. The van der Waals surface area contributed by atoms with E-state index in [1.54, 1.807) is 34.7 Å². The number of nitrogens with zero attached hydrogens (tertiary/aromatic N) is 4. The fourth-order valence-corrected chi connectivity index (χ4v) is 2.45. The second-order valence-corrected chi connectivity index (χ2v) is 5.42. The zero-order chi connectivity index (χ0) is 17.8. The Kier molecular flexibility index (Phi) is 4.56. The van der Waals surface area contributed by atoms with Gasteiger partial charge in [-0.25, -0.2) is 10.1 Å². The zero-order valence-corrected chi connectivity index (χ0v) is 13.9. The van der Waals surface area contributed by atoms with E-state index in [2.05, 4.69) is 15.5 Å². The van der Waals surface area contributed by atoms with Gasteiger partial charge in [0.15, 0.2) is 0 Å². The maximum Gasteiger partial charge on any atom is 0.280 e. The first-order valence-electron chi connectivity index (χ1n) is 7.67. The number of amides is 1. The van der Waals surface area contributed by atoms with Crippen LogP contribution in [-0.4, -0.2) is 26.5 Å². The number of para-hydroxylation sites is 1. The minimum atomic E-state index is -0.388. The molecular formula is C18H17N5O2. The summed E-state index contributed by atoms with van der Waals surface area (Å²) in [5, 5.41) is 3.91. The number of hydrogen-bond donors (Lipinski definition) is 1. The number of carbonyl (C=O) groups is 1. The van der Waals surface area contributed by atoms with Crippen LogP contribution in [0.1, 0.15) is 21.6 Å². The van der Waals surface area contributed by atoms with E-state index in [0.29, 0.717) is 11.1 Å². The molecule has 2 aromatic heterocycles. The SMILES string of the molecule is Cc1c(/C=N\NC(=O)c2cccnc2)c(=O)n(-c2ccccc2)n1C. The van der Waals surface area contributed by atoms with Crippen LogP contribution >= 0.6 is 0 Å². The molecule has 0 saturated heterocycles. The monoisotopic (exact) mass is 335 g/mol. The van der Waals surface area contributed by atoms with Crippen molar-refractivity contribution in [2.24, 2.45) is 12.1 Å². The molecule has 25 heavy (non-hydrogen) atoms. The van der Waals surface area contributed by atoms with Gasteiger partial charge >= 0.3 is 0 Å². The summed E-state index contributed by atoms with van der Waals surface area (Å²) in [5.74, 6) is -0.388. The molecule has 0 fully saturated rings. The van der Waals surface area contributed by atoms with Gasteiger partial charge in [0.2, 0.25) is 0 Å². The number of nitrogens with one attached hydrogen (secondary N) is 1. The van der Waals surface area contributed by atoms with Crippen LogP contribution in [0.3, 0.4) is 0 Å². The first-order chi connectivity index (χ1) is 12.1. The largest absolute Gasteiger partial charge is 0.285 e. The number of hydrogen-bond acceptors (Lipinski definition) is 4. The van der Waals surface area contributed by atoms with Crippen molar-refractivity contribution in [1.29, 1.82) is 0 Å². The first kappa shape index (κ1) is 16.4. The van der Waals surface area contributed by atoms with Crippen molar-refractivity contribution in [3.8, 4) is 5.69 Å². The summed E-state index contributed by atoms with van der Waals surface area (Å²) < 4.78 is 3.31. The summed E-state index contributed by atoms with van der Waals surface area (Å²) in [7, 11) is 1.80. The topological polar surface area (TPSA) is 81.3 Å². The lowest BCUT2D eigenvalue weighted by molar-refractivity contribution is 0.0955. The number of benzene rings is 1. The molecule has 0 aliphatic carbocycles. The molecule has 0 saturated carbocycles. The average Bonchev–Trinajstić information content (AvgIpc) is 2.86. The van der Waals surface area contributed by atoms with Gasteiger partial charge in [0.25, 0.3) is 11.5 Å². The molecule has 3 rings (SSSR count). The summed E-state index contributed by atoms with van der Waals surface area (Å²) in [4.78, 5) is 28.5. The van der Waals surface area contributed by atoms with Crippen molar-refractivity contribution in [2.75, 3.05) is 0 Å². The normalized spacial score (nSPS) is 11.0. The Morgan fingerprint density at radius 1 is 1.20 bits per heavy atom. The van der Waals surface area contributed by atoms with Crippen LogP contribution in [0, 0.1) is 6.92 Å². The quantitative estimate of drug-likeness (QED) is 0.581. The third kappa shape index (κ3) is 3.25. The first-order valence-corrected chi connectivity index (χ1v) is 7.67. The molecule has 7 nitrogen and oxygen atoms in total. The molecular weight excluding hydrogens is 318 g/mol. The molecule has 126 valence electrons. The Balaban J connectivity index is 1.86. The van der Waals surface area contributed by atoms with Crippen LogP contribution in [0.25, 0.3) is 5.69 Å². The predicted molar refractivity (Wildman–Crippen MR) is 95.0 cm³/mol. The van der Waals surface area contributed by atoms with Crippen LogP contribution in [0.2, 0.25) is 0 Å². The number of rotatable bonds is 4. The fourth-order valence-electron chi connectivity index (χ4n) is 2.45. The van der Waals surface area contributed by atoms with Gasteiger partial charge in [-0.05, 0) is 31.2 Å². The highest BCUT2D eigenvalue weighted by atomic mass is 16.2. The molecule has 0 spiro atoms. The van der Waals surface area contributed by atoms with E-state index in [1.807, 2.05) is 37.3 Å². The summed E-state index contributed by atoms with van der Waals surface area (Å²) in [6, 6.07) is 12.6. The molecule has 0 aliphatic heterocycles. The van der Waals surface area contributed by atoms with Gasteiger partial charge in [-0.2, -0.15) is 5.10 Å². The smallest absolute Gasteiger partial charge is 0.280 e. The molecule has 0 radical (unpaired) electrons. The molecule has 3 aromatic rings. The molecule has 2 heterocycles. The van der Waals surface area contributed by atoms with Gasteiger partial charge in [-0.1, -0.05) is 18.2 Å². The highest BCUT2D eigenvalue weighted by Crippen LogP contribution is 2.08. The highest BCUT2D eigenvalue weighted by molar-refractivity contribution is 5.94. The third-order valence-corrected chi connectivity index (χ3v) is 3.88. The third-order valence-electron chi connectivity index (χ3n) is 3.88. The molecule has 0 bridgehead atoms. The van der Waals surface area contributed by atoms with E-state index in [0.717, 1.165) is 11.4 Å². The standard InChI is InChI=1S/C18H17N5O2/c1-13-16(12-20-21-17(24)14-7-6-10-19-11-14)18(25)23(22(13)2)15-8-4-3-5-9-15/h3-12H,1-2H3,(H,21,24)/b20-12-. The second-order valence-electron chi connectivity index (χ2n) is 5.42. The molecule has 0 atom stereocenters. The van der Waals surface area contributed by atoms with E-state index >= 15 is 0 Å². The van der Waals surface area contributed by atoms with E-state index in [9.17, 15) is 9.59 Å². The van der Waals surface area contributed by atoms with Crippen molar-refractivity contribution in [3.63, 3.8) is 0 Å². The fraction of sp³-hybridized carbons (Fsp3) is 0.111. The lowest BCUT2D eigenvalue weighted by Gasteiger charge is -2.07.